The lowest BCUT2D eigenvalue weighted by molar-refractivity contribution is -0.151. The second-order valence-corrected chi connectivity index (χ2v) is 7.07. The number of carbonyl (C=O) groups excluding carboxylic acids is 2. The molecule has 0 atom stereocenters. The molecule has 1 aromatic rings. The smallest absolute Gasteiger partial charge is 0.308 e. The summed E-state index contributed by atoms with van der Waals surface area (Å²) in [5.41, 5.74) is -0.742. The average molecular weight is 347 g/mol. The second-order valence-electron chi connectivity index (χ2n) is 4.97. The number of urea groups is 1. The molecule has 3 aliphatic rings. The molecular weight excluding hydrogens is 335 g/mol. The van der Waals surface area contributed by atoms with Crippen LogP contribution in [0.3, 0.4) is 0 Å². The van der Waals surface area contributed by atoms with Crippen molar-refractivity contribution in [1.82, 2.24) is 5.32 Å². The van der Waals surface area contributed by atoms with Gasteiger partial charge in [0.25, 0.3) is 0 Å². The molecule has 2 N–H and O–H groups in total. The van der Waals surface area contributed by atoms with Crippen LogP contribution in [-0.4, -0.2) is 31.8 Å². The number of benzene rings is 1. The van der Waals surface area contributed by atoms with Gasteiger partial charge in [0.2, 0.25) is 5.91 Å². The Labute approximate surface area is 130 Å². The zero-order chi connectivity index (χ0) is 15.8. The molecular formula is C12H12ClN2O6P. The molecule has 1 aromatic carbocycles. The van der Waals surface area contributed by atoms with E-state index in [2.05, 4.69) is 10.6 Å². The van der Waals surface area contributed by atoms with Gasteiger partial charge in [-0.05, 0) is 18.2 Å². The number of halogens is 1. The molecule has 3 aliphatic heterocycles. The van der Waals surface area contributed by atoms with E-state index in [4.69, 9.17) is 25.2 Å². The Morgan fingerprint density at radius 3 is 2.41 bits per heavy atom. The van der Waals surface area contributed by atoms with E-state index in [1.54, 1.807) is 18.2 Å². The fraction of sp³-hybridized carbons (Fsp3) is 0.333. The molecule has 10 heteroatoms. The predicted octanol–water partition coefficient (Wildman–Crippen LogP) is 2.16. The van der Waals surface area contributed by atoms with Gasteiger partial charge < -0.3 is 5.32 Å². The van der Waals surface area contributed by atoms with Gasteiger partial charge in [-0.25, -0.2) is 9.36 Å². The van der Waals surface area contributed by atoms with Crippen molar-refractivity contribution in [3.63, 3.8) is 0 Å². The van der Waals surface area contributed by atoms with Gasteiger partial charge in [0.1, 0.15) is 5.41 Å². The number of hydrogen-bond acceptors (Lipinski definition) is 6. The van der Waals surface area contributed by atoms with Crippen LogP contribution in [0.5, 0.6) is 0 Å². The fourth-order valence-corrected chi connectivity index (χ4v) is 3.64. The quantitative estimate of drug-likeness (QED) is 0.795. The third kappa shape index (κ3) is 3.02. The SMILES string of the molecule is O=C(NC(=O)C12COP(=O)(OC1)OC2)Nc1cccc(Cl)c1. The van der Waals surface area contributed by atoms with Crippen LogP contribution in [0.15, 0.2) is 24.3 Å². The molecule has 2 bridgehead atoms. The number of imide groups is 1. The first kappa shape index (κ1) is 15.5. The van der Waals surface area contributed by atoms with Gasteiger partial charge in [0, 0.05) is 10.7 Å². The van der Waals surface area contributed by atoms with Crippen molar-refractivity contribution in [2.24, 2.45) is 5.41 Å². The third-order valence-corrected chi connectivity index (χ3v) is 4.86. The summed E-state index contributed by atoms with van der Waals surface area (Å²) < 4.78 is 26.3. The largest absolute Gasteiger partial charge is 0.474 e. The minimum Gasteiger partial charge on any atom is -0.308 e. The van der Waals surface area contributed by atoms with Gasteiger partial charge in [0.15, 0.2) is 0 Å². The fourth-order valence-electron chi connectivity index (χ4n) is 2.01. The van der Waals surface area contributed by atoms with Crippen molar-refractivity contribution >= 4 is 37.0 Å². The van der Waals surface area contributed by atoms with Crippen LogP contribution in [-0.2, 0) is 22.9 Å². The number of phosphoric acid groups is 1. The van der Waals surface area contributed by atoms with Crippen molar-refractivity contribution in [3.8, 4) is 0 Å². The zero-order valence-electron chi connectivity index (χ0n) is 11.2. The van der Waals surface area contributed by atoms with Gasteiger partial charge in [-0.3, -0.25) is 23.7 Å². The van der Waals surface area contributed by atoms with Crippen molar-refractivity contribution in [1.29, 1.82) is 0 Å². The van der Waals surface area contributed by atoms with E-state index in [1.165, 1.54) is 6.07 Å². The second kappa shape index (κ2) is 5.64. The summed E-state index contributed by atoms with van der Waals surface area (Å²) in [5.74, 6) is -0.627. The molecule has 3 saturated heterocycles. The van der Waals surface area contributed by atoms with Gasteiger partial charge in [-0.1, -0.05) is 17.7 Å². The maximum Gasteiger partial charge on any atom is 0.474 e. The van der Waals surface area contributed by atoms with E-state index in [9.17, 15) is 14.2 Å². The Morgan fingerprint density at radius 1 is 1.18 bits per heavy atom. The summed E-state index contributed by atoms with van der Waals surface area (Å²) in [6.07, 6.45) is 0. The maximum atomic E-state index is 12.2. The number of carbonyl (C=O) groups is 2. The Kier molecular flexibility index (Phi) is 3.96. The molecule has 0 saturated carbocycles. The van der Waals surface area contributed by atoms with Crippen molar-refractivity contribution in [2.75, 3.05) is 25.1 Å². The van der Waals surface area contributed by atoms with E-state index in [0.717, 1.165) is 0 Å². The Morgan fingerprint density at radius 2 is 1.82 bits per heavy atom. The standard InChI is InChI=1S/C12H12ClN2O6P/c13-8-2-1-3-9(4-8)14-11(17)15-10(16)12-5-19-22(18,20-6-12)21-7-12/h1-4H,5-7H2,(H2,14,15,16,17). The number of nitrogens with one attached hydrogen (secondary N) is 2. The lowest BCUT2D eigenvalue weighted by Gasteiger charge is -2.42. The van der Waals surface area contributed by atoms with E-state index in [1.807, 2.05) is 0 Å². The minimum absolute atomic E-state index is 0.124. The molecule has 22 heavy (non-hydrogen) atoms. The molecule has 3 amide bonds. The number of hydrogen-bond donors (Lipinski definition) is 2. The molecule has 0 aromatic heterocycles. The predicted molar refractivity (Wildman–Crippen MR) is 76.5 cm³/mol. The van der Waals surface area contributed by atoms with E-state index >= 15 is 0 Å². The van der Waals surface area contributed by atoms with Gasteiger partial charge in [-0.15, -0.1) is 0 Å². The molecule has 0 aliphatic carbocycles. The highest BCUT2D eigenvalue weighted by Crippen LogP contribution is 2.59. The molecule has 0 unspecified atom stereocenters. The molecule has 0 spiro atoms. The summed E-state index contributed by atoms with van der Waals surface area (Å²) in [7, 11) is -3.50. The van der Waals surface area contributed by atoms with Crippen molar-refractivity contribution < 1.29 is 27.7 Å². The summed E-state index contributed by atoms with van der Waals surface area (Å²) in [5, 5.41) is 5.12. The molecule has 8 nitrogen and oxygen atoms in total. The topological polar surface area (TPSA) is 103 Å². The zero-order valence-corrected chi connectivity index (χ0v) is 12.9. The summed E-state index contributed by atoms with van der Waals surface area (Å²) in [6.45, 7) is -0.373. The first-order valence-corrected chi connectivity index (χ1v) is 8.16. The van der Waals surface area contributed by atoms with Gasteiger partial charge in [0.05, 0.1) is 19.8 Å². The van der Waals surface area contributed by atoms with Crippen LogP contribution in [0.25, 0.3) is 0 Å². The summed E-state index contributed by atoms with van der Waals surface area (Å²) >= 11 is 5.80. The van der Waals surface area contributed by atoms with Gasteiger partial charge in [-0.2, -0.15) is 0 Å². The molecule has 4 rings (SSSR count). The molecule has 3 fully saturated rings. The highest BCUT2D eigenvalue weighted by molar-refractivity contribution is 7.48. The summed E-state index contributed by atoms with van der Waals surface area (Å²) in [4.78, 5) is 24.1. The molecule has 0 radical (unpaired) electrons. The number of phosphoric ester groups is 1. The Bertz CT molecular complexity index is 650. The highest BCUT2D eigenvalue weighted by Gasteiger charge is 2.55. The lowest BCUT2D eigenvalue weighted by atomic mass is 9.90. The monoisotopic (exact) mass is 346 g/mol. The maximum absolute atomic E-state index is 12.2. The lowest BCUT2D eigenvalue weighted by Crippen LogP contribution is -2.56. The van der Waals surface area contributed by atoms with Crippen LogP contribution in [0.2, 0.25) is 5.02 Å². The average Bonchev–Trinajstić information content (AvgIpc) is 2.48. The van der Waals surface area contributed by atoms with Crippen LogP contribution < -0.4 is 10.6 Å². The normalized spacial score (nSPS) is 29.9. The van der Waals surface area contributed by atoms with Crippen molar-refractivity contribution in [2.45, 2.75) is 0 Å². The van der Waals surface area contributed by atoms with E-state index in [-0.39, 0.29) is 19.8 Å². The number of rotatable bonds is 2. The highest BCUT2D eigenvalue weighted by atomic mass is 35.5. The van der Waals surface area contributed by atoms with Crippen LogP contribution in [0.4, 0.5) is 10.5 Å². The number of anilines is 1. The molecule has 3 heterocycles. The Hall–Kier alpha value is -1.44. The first-order chi connectivity index (χ1) is 10.4. The van der Waals surface area contributed by atoms with Crippen LogP contribution >= 0.6 is 19.4 Å². The minimum atomic E-state index is -3.50. The van der Waals surface area contributed by atoms with Crippen LogP contribution in [0, 0.1) is 5.41 Å². The Balaban J connectivity index is 1.62. The third-order valence-electron chi connectivity index (χ3n) is 3.29. The first-order valence-electron chi connectivity index (χ1n) is 6.33. The van der Waals surface area contributed by atoms with E-state index in [0.29, 0.717) is 10.7 Å². The number of amides is 3. The summed E-state index contributed by atoms with van der Waals surface area (Å²) in [6, 6.07) is 5.76. The molecule has 118 valence electrons. The van der Waals surface area contributed by atoms with Gasteiger partial charge >= 0.3 is 13.9 Å². The van der Waals surface area contributed by atoms with Crippen molar-refractivity contribution in [3.05, 3.63) is 29.3 Å². The number of fused-ring (bicyclic) bond motifs is 3. The van der Waals surface area contributed by atoms with E-state index < -0.39 is 25.2 Å². The van der Waals surface area contributed by atoms with Crippen LogP contribution in [0.1, 0.15) is 0 Å².